The first-order valence-corrected chi connectivity index (χ1v) is 8.09. The Hall–Kier alpha value is -1.35. The van der Waals surface area contributed by atoms with Crippen molar-refractivity contribution in [2.45, 2.75) is 52.1 Å². The quantitative estimate of drug-likeness (QED) is 0.856. The molecule has 0 aromatic heterocycles. The normalized spacial score (nSPS) is 28.0. The molecular weight excluding hydrogens is 262 g/mol. The Kier molecular flexibility index (Phi) is 3.78. The number of carbonyl (C=O) groups excluding carboxylic acids is 1. The van der Waals surface area contributed by atoms with Crippen LogP contribution in [0.25, 0.3) is 0 Å². The highest BCUT2D eigenvalue weighted by Crippen LogP contribution is 2.43. The van der Waals surface area contributed by atoms with Crippen LogP contribution in [0.2, 0.25) is 0 Å². The number of hydrogen-bond acceptors (Lipinski definition) is 2. The number of hydrogen-bond donors (Lipinski definition) is 1. The Morgan fingerprint density at radius 2 is 2.00 bits per heavy atom. The van der Waals surface area contributed by atoms with E-state index in [1.54, 1.807) is 0 Å². The van der Waals surface area contributed by atoms with Crippen molar-refractivity contribution in [3.63, 3.8) is 0 Å². The molecule has 0 saturated heterocycles. The smallest absolute Gasteiger partial charge is 0.230 e. The van der Waals surface area contributed by atoms with Crippen LogP contribution >= 0.6 is 0 Å². The molecule has 2 aliphatic rings. The summed E-state index contributed by atoms with van der Waals surface area (Å²) in [4.78, 5) is 15.0. The SMILES string of the molecule is CC1(C)CCCCC1C(=O)N1CCC(O)c2ccccc21. The number of amides is 1. The molecule has 1 heterocycles. The van der Waals surface area contributed by atoms with Gasteiger partial charge in [-0.25, -0.2) is 0 Å². The molecule has 1 aromatic rings. The maximum absolute atomic E-state index is 13.1. The third kappa shape index (κ3) is 2.59. The summed E-state index contributed by atoms with van der Waals surface area (Å²) in [5, 5.41) is 10.1. The van der Waals surface area contributed by atoms with Crippen LogP contribution in [0.15, 0.2) is 24.3 Å². The zero-order valence-electron chi connectivity index (χ0n) is 13.0. The van der Waals surface area contributed by atoms with Crippen LogP contribution in [0.4, 0.5) is 5.69 Å². The summed E-state index contributed by atoms with van der Waals surface area (Å²) in [5.74, 6) is 0.355. The van der Waals surface area contributed by atoms with E-state index in [0.717, 1.165) is 30.5 Å². The van der Waals surface area contributed by atoms with Gasteiger partial charge in [-0.2, -0.15) is 0 Å². The van der Waals surface area contributed by atoms with Gasteiger partial charge in [-0.1, -0.05) is 44.9 Å². The van der Waals surface area contributed by atoms with Gasteiger partial charge in [0.05, 0.1) is 6.10 Å². The molecule has 1 aromatic carbocycles. The summed E-state index contributed by atoms with van der Waals surface area (Å²) in [7, 11) is 0. The van der Waals surface area contributed by atoms with Crippen LogP contribution in [0.1, 0.15) is 57.6 Å². The highest BCUT2D eigenvalue weighted by Gasteiger charge is 2.40. The minimum absolute atomic E-state index is 0.0837. The molecule has 0 radical (unpaired) electrons. The first-order chi connectivity index (χ1) is 10.0. The largest absolute Gasteiger partial charge is 0.388 e. The van der Waals surface area contributed by atoms with E-state index < -0.39 is 6.10 Å². The van der Waals surface area contributed by atoms with Gasteiger partial charge in [-0.3, -0.25) is 4.79 Å². The molecule has 0 spiro atoms. The monoisotopic (exact) mass is 287 g/mol. The van der Waals surface area contributed by atoms with Gasteiger partial charge in [0.1, 0.15) is 0 Å². The van der Waals surface area contributed by atoms with Crippen molar-refractivity contribution in [2.24, 2.45) is 11.3 Å². The number of aliphatic hydroxyl groups excluding tert-OH is 1. The van der Waals surface area contributed by atoms with Crippen molar-refractivity contribution in [2.75, 3.05) is 11.4 Å². The Morgan fingerprint density at radius 3 is 2.76 bits per heavy atom. The topological polar surface area (TPSA) is 40.5 Å². The van der Waals surface area contributed by atoms with E-state index >= 15 is 0 Å². The molecule has 0 bridgehead atoms. The number of carbonyl (C=O) groups is 1. The minimum atomic E-state index is -0.440. The van der Waals surface area contributed by atoms with Gasteiger partial charge in [0.2, 0.25) is 5.91 Å². The zero-order valence-corrected chi connectivity index (χ0v) is 13.0. The summed E-state index contributed by atoms with van der Waals surface area (Å²) in [6.45, 7) is 5.07. The van der Waals surface area contributed by atoms with Crippen LogP contribution < -0.4 is 4.90 Å². The number of rotatable bonds is 1. The lowest BCUT2D eigenvalue weighted by Gasteiger charge is -2.42. The Bertz CT molecular complexity index is 538. The van der Waals surface area contributed by atoms with Crippen LogP contribution in [0.5, 0.6) is 0 Å². The lowest BCUT2D eigenvalue weighted by atomic mass is 9.68. The third-order valence-corrected chi connectivity index (χ3v) is 5.28. The van der Waals surface area contributed by atoms with E-state index in [-0.39, 0.29) is 17.2 Å². The summed E-state index contributed by atoms with van der Waals surface area (Å²) in [6, 6.07) is 7.78. The van der Waals surface area contributed by atoms with Gasteiger partial charge in [-0.05, 0) is 30.7 Å². The summed E-state index contributed by atoms with van der Waals surface area (Å²) >= 11 is 0. The van der Waals surface area contributed by atoms with E-state index in [1.807, 2.05) is 29.2 Å². The van der Waals surface area contributed by atoms with E-state index in [2.05, 4.69) is 13.8 Å². The third-order valence-electron chi connectivity index (χ3n) is 5.28. The first-order valence-electron chi connectivity index (χ1n) is 8.09. The van der Waals surface area contributed by atoms with Gasteiger partial charge >= 0.3 is 0 Å². The average molecular weight is 287 g/mol. The molecule has 114 valence electrons. The van der Waals surface area contributed by atoms with Gasteiger partial charge in [0, 0.05) is 23.7 Å². The highest BCUT2D eigenvalue weighted by molar-refractivity contribution is 5.96. The van der Waals surface area contributed by atoms with Crippen molar-refractivity contribution >= 4 is 11.6 Å². The molecule has 1 aliphatic heterocycles. The van der Waals surface area contributed by atoms with E-state index in [4.69, 9.17) is 0 Å². The Balaban J connectivity index is 1.90. The van der Waals surface area contributed by atoms with Gasteiger partial charge in [0.25, 0.3) is 0 Å². The molecule has 21 heavy (non-hydrogen) atoms. The molecule has 1 fully saturated rings. The van der Waals surface area contributed by atoms with Crippen LogP contribution in [-0.2, 0) is 4.79 Å². The molecule has 1 amide bonds. The standard InChI is InChI=1S/C18H25NO2/c1-18(2)11-6-5-8-14(18)17(21)19-12-10-16(20)13-7-3-4-9-15(13)19/h3-4,7,9,14,16,20H,5-6,8,10-12H2,1-2H3. The van der Waals surface area contributed by atoms with Gasteiger partial charge < -0.3 is 10.0 Å². The van der Waals surface area contributed by atoms with Crippen molar-refractivity contribution in [1.82, 2.24) is 0 Å². The number of benzene rings is 1. The van der Waals surface area contributed by atoms with Gasteiger partial charge in [0.15, 0.2) is 0 Å². The predicted molar refractivity (Wildman–Crippen MR) is 84.1 cm³/mol. The lowest BCUT2D eigenvalue weighted by Crippen LogP contribution is -2.46. The van der Waals surface area contributed by atoms with Crippen molar-refractivity contribution in [1.29, 1.82) is 0 Å². The zero-order chi connectivity index (χ0) is 15.0. The molecule has 2 atom stereocenters. The first kappa shape index (κ1) is 14.6. The second-order valence-corrected chi connectivity index (χ2v) is 7.14. The summed E-state index contributed by atoms with van der Waals surface area (Å²) in [5.41, 5.74) is 1.88. The molecule has 3 heteroatoms. The fraction of sp³-hybridized carbons (Fsp3) is 0.611. The minimum Gasteiger partial charge on any atom is -0.388 e. The molecule has 3 rings (SSSR count). The molecule has 2 unspecified atom stereocenters. The van der Waals surface area contributed by atoms with E-state index in [0.29, 0.717) is 13.0 Å². The number of para-hydroxylation sites is 1. The fourth-order valence-corrected chi connectivity index (χ4v) is 3.91. The summed E-state index contributed by atoms with van der Waals surface area (Å²) in [6.07, 6.45) is 4.69. The number of aliphatic hydroxyl groups is 1. The van der Waals surface area contributed by atoms with Crippen LogP contribution in [0, 0.1) is 11.3 Å². The molecular formula is C18H25NO2. The van der Waals surface area contributed by atoms with Gasteiger partial charge in [-0.15, -0.1) is 0 Å². The van der Waals surface area contributed by atoms with E-state index in [9.17, 15) is 9.90 Å². The molecule has 3 nitrogen and oxygen atoms in total. The Labute approximate surface area is 127 Å². The maximum Gasteiger partial charge on any atom is 0.230 e. The average Bonchev–Trinajstić information content (AvgIpc) is 2.47. The van der Waals surface area contributed by atoms with Crippen molar-refractivity contribution in [3.8, 4) is 0 Å². The van der Waals surface area contributed by atoms with E-state index in [1.165, 1.54) is 6.42 Å². The summed E-state index contributed by atoms with van der Waals surface area (Å²) < 4.78 is 0. The fourth-order valence-electron chi connectivity index (χ4n) is 3.91. The second kappa shape index (κ2) is 5.45. The van der Waals surface area contributed by atoms with Crippen LogP contribution in [-0.4, -0.2) is 17.6 Å². The number of nitrogens with zero attached hydrogens (tertiary/aromatic N) is 1. The number of anilines is 1. The number of fused-ring (bicyclic) bond motifs is 1. The van der Waals surface area contributed by atoms with Crippen molar-refractivity contribution in [3.05, 3.63) is 29.8 Å². The lowest BCUT2D eigenvalue weighted by molar-refractivity contribution is -0.127. The van der Waals surface area contributed by atoms with Crippen molar-refractivity contribution < 1.29 is 9.90 Å². The Morgan fingerprint density at radius 1 is 1.24 bits per heavy atom. The molecule has 1 saturated carbocycles. The predicted octanol–water partition coefficient (Wildman–Crippen LogP) is 3.67. The highest BCUT2D eigenvalue weighted by atomic mass is 16.3. The molecule has 1 N–H and O–H groups in total. The van der Waals surface area contributed by atoms with Crippen LogP contribution in [0.3, 0.4) is 0 Å². The molecule has 1 aliphatic carbocycles. The second-order valence-electron chi connectivity index (χ2n) is 7.14. The maximum atomic E-state index is 13.1.